The molecule has 104 valence electrons. The van der Waals surface area contributed by atoms with Crippen molar-refractivity contribution < 1.29 is 0 Å². The monoisotopic (exact) mass is 266 g/mol. The van der Waals surface area contributed by atoms with E-state index in [1.165, 1.54) is 22.3 Å². The Kier molecular flexibility index (Phi) is 5.10. The lowest BCUT2D eigenvalue weighted by Gasteiger charge is -2.07. The van der Waals surface area contributed by atoms with Gasteiger partial charge in [0.2, 0.25) is 0 Å². The van der Waals surface area contributed by atoms with Gasteiger partial charge < -0.3 is 11.1 Å². The smallest absolute Gasteiger partial charge is 0.0208 e. The van der Waals surface area contributed by atoms with Crippen LogP contribution in [-0.4, -0.2) is 0 Å². The quantitative estimate of drug-likeness (QED) is 0.840. The van der Waals surface area contributed by atoms with Crippen LogP contribution in [0.3, 0.4) is 0 Å². The third-order valence-electron chi connectivity index (χ3n) is 3.36. The molecular weight excluding hydrogens is 244 g/mol. The van der Waals surface area contributed by atoms with Gasteiger partial charge in [0.25, 0.3) is 0 Å². The van der Waals surface area contributed by atoms with Crippen LogP contribution in [0.15, 0.2) is 55.1 Å². The summed E-state index contributed by atoms with van der Waals surface area (Å²) in [5, 5.41) is 3.45. The Morgan fingerprint density at radius 1 is 0.900 bits per heavy atom. The van der Waals surface area contributed by atoms with Crippen molar-refractivity contribution in [3.8, 4) is 0 Å². The molecule has 20 heavy (non-hydrogen) atoms. The number of rotatable bonds is 6. The van der Waals surface area contributed by atoms with E-state index in [4.69, 9.17) is 5.73 Å². The Bertz CT molecular complexity index is 553. The molecule has 2 nitrogen and oxygen atoms in total. The highest BCUT2D eigenvalue weighted by Gasteiger charge is 1.97. The van der Waals surface area contributed by atoms with Gasteiger partial charge in [-0.15, -0.1) is 0 Å². The number of allylic oxidation sites excluding steroid dienone is 1. The number of hydrogen-bond donors (Lipinski definition) is 2. The standard InChI is InChI=1S/C18H22N2/c1-14(2)18-9-7-17(8-10-18)13-20-12-16-5-3-15(11-19)4-6-16/h3-10,20H,1,11-13,19H2,2H3. The molecular formula is C18H22N2. The summed E-state index contributed by atoms with van der Waals surface area (Å²) in [6.07, 6.45) is 0. The fourth-order valence-electron chi connectivity index (χ4n) is 2.05. The van der Waals surface area contributed by atoms with E-state index in [2.05, 4.69) is 60.4 Å². The van der Waals surface area contributed by atoms with Crippen LogP contribution in [0.5, 0.6) is 0 Å². The van der Waals surface area contributed by atoms with E-state index in [1.807, 2.05) is 6.92 Å². The number of nitrogens with two attached hydrogens (primary N) is 1. The number of hydrogen-bond acceptors (Lipinski definition) is 2. The minimum Gasteiger partial charge on any atom is -0.326 e. The second-order valence-electron chi connectivity index (χ2n) is 5.10. The van der Waals surface area contributed by atoms with Gasteiger partial charge >= 0.3 is 0 Å². The van der Waals surface area contributed by atoms with E-state index in [-0.39, 0.29) is 0 Å². The third kappa shape index (κ3) is 4.05. The minimum atomic E-state index is 0.600. The molecule has 2 rings (SSSR count). The molecule has 0 heterocycles. The van der Waals surface area contributed by atoms with Gasteiger partial charge in [-0.3, -0.25) is 0 Å². The van der Waals surface area contributed by atoms with E-state index < -0.39 is 0 Å². The summed E-state index contributed by atoms with van der Waals surface area (Å²) in [4.78, 5) is 0. The van der Waals surface area contributed by atoms with Crippen LogP contribution >= 0.6 is 0 Å². The second kappa shape index (κ2) is 7.04. The van der Waals surface area contributed by atoms with Crippen molar-refractivity contribution in [1.29, 1.82) is 0 Å². The predicted molar refractivity (Wildman–Crippen MR) is 86.0 cm³/mol. The van der Waals surface area contributed by atoms with Crippen LogP contribution in [-0.2, 0) is 19.6 Å². The molecule has 0 saturated heterocycles. The summed E-state index contributed by atoms with van der Waals surface area (Å²) in [6.45, 7) is 8.31. The van der Waals surface area contributed by atoms with E-state index in [1.54, 1.807) is 0 Å². The molecule has 0 aliphatic carbocycles. The summed E-state index contributed by atoms with van der Waals surface area (Å²) in [5.74, 6) is 0. The van der Waals surface area contributed by atoms with Gasteiger partial charge in [-0.2, -0.15) is 0 Å². The molecule has 0 amide bonds. The lowest BCUT2D eigenvalue weighted by Crippen LogP contribution is -2.12. The molecule has 0 aliphatic rings. The normalized spacial score (nSPS) is 10.5. The summed E-state index contributed by atoms with van der Waals surface area (Å²) in [7, 11) is 0. The Morgan fingerprint density at radius 2 is 1.35 bits per heavy atom. The Hall–Kier alpha value is -1.90. The van der Waals surface area contributed by atoms with Gasteiger partial charge in [0.15, 0.2) is 0 Å². The maximum atomic E-state index is 5.59. The molecule has 0 spiro atoms. The molecule has 0 atom stereocenters. The zero-order valence-corrected chi connectivity index (χ0v) is 12.0. The van der Waals surface area contributed by atoms with Gasteiger partial charge in [0.1, 0.15) is 0 Å². The maximum Gasteiger partial charge on any atom is 0.0208 e. The molecule has 0 bridgehead atoms. The summed E-state index contributed by atoms with van der Waals surface area (Å²) in [5.41, 5.74) is 11.6. The van der Waals surface area contributed by atoms with Crippen molar-refractivity contribution in [2.45, 2.75) is 26.6 Å². The van der Waals surface area contributed by atoms with Crippen LogP contribution in [0.25, 0.3) is 5.57 Å². The largest absolute Gasteiger partial charge is 0.326 e. The van der Waals surface area contributed by atoms with Gasteiger partial charge in [0, 0.05) is 19.6 Å². The van der Waals surface area contributed by atoms with E-state index >= 15 is 0 Å². The van der Waals surface area contributed by atoms with Gasteiger partial charge in [0.05, 0.1) is 0 Å². The first kappa shape index (κ1) is 14.5. The van der Waals surface area contributed by atoms with Crippen LogP contribution in [0.4, 0.5) is 0 Å². The van der Waals surface area contributed by atoms with E-state index in [9.17, 15) is 0 Å². The van der Waals surface area contributed by atoms with E-state index in [0.29, 0.717) is 6.54 Å². The van der Waals surface area contributed by atoms with Gasteiger partial charge in [-0.1, -0.05) is 60.7 Å². The van der Waals surface area contributed by atoms with E-state index in [0.717, 1.165) is 18.7 Å². The van der Waals surface area contributed by atoms with Gasteiger partial charge in [-0.05, 0) is 29.2 Å². The highest BCUT2D eigenvalue weighted by atomic mass is 14.8. The fourth-order valence-corrected chi connectivity index (χ4v) is 2.05. The SMILES string of the molecule is C=C(C)c1ccc(CNCc2ccc(CN)cc2)cc1. The first-order chi connectivity index (χ1) is 9.69. The molecule has 3 N–H and O–H groups in total. The fraction of sp³-hybridized carbons (Fsp3) is 0.222. The minimum absolute atomic E-state index is 0.600. The highest BCUT2D eigenvalue weighted by Crippen LogP contribution is 2.12. The Labute approximate surface area is 121 Å². The van der Waals surface area contributed by atoms with Crippen LogP contribution in [0, 0.1) is 0 Å². The molecule has 2 aromatic carbocycles. The first-order valence-electron chi connectivity index (χ1n) is 6.92. The lowest BCUT2D eigenvalue weighted by atomic mass is 10.1. The van der Waals surface area contributed by atoms with Crippen LogP contribution < -0.4 is 11.1 Å². The summed E-state index contributed by atoms with van der Waals surface area (Å²) >= 11 is 0. The molecule has 0 saturated carbocycles. The molecule has 0 aromatic heterocycles. The average molecular weight is 266 g/mol. The second-order valence-corrected chi connectivity index (χ2v) is 5.10. The Morgan fingerprint density at radius 3 is 1.80 bits per heavy atom. The predicted octanol–water partition coefficient (Wildman–Crippen LogP) is 3.47. The lowest BCUT2D eigenvalue weighted by molar-refractivity contribution is 0.693. The Balaban J connectivity index is 1.84. The average Bonchev–Trinajstić information content (AvgIpc) is 2.48. The number of benzene rings is 2. The zero-order valence-electron chi connectivity index (χ0n) is 12.0. The topological polar surface area (TPSA) is 38.0 Å². The van der Waals surface area contributed by atoms with Crippen molar-refractivity contribution >= 4 is 5.57 Å². The van der Waals surface area contributed by atoms with Crippen LogP contribution in [0.2, 0.25) is 0 Å². The summed E-state index contributed by atoms with van der Waals surface area (Å²) in [6, 6.07) is 16.9. The highest BCUT2D eigenvalue weighted by molar-refractivity contribution is 5.61. The maximum absolute atomic E-state index is 5.59. The van der Waals surface area contributed by atoms with Crippen molar-refractivity contribution in [1.82, 2.24) is 5.32 Å². The molecule has 2 heteroatoms. The third-order valence-corrected chi connectivity index (χ3v) is 3.36. The molecule has 0 aliphatic heterocycles. The van der Waals surface area contributed by atoms with Crippen molar-refractivity contribution in [3.05, 3.63) is 77.4 Å². The summed E-state index contributed by atoms with van der Waals surface area (Å²) < 4.78 is 0. The van der Waals surface area contributed by atoms with Crippen molar-refractivity contribution in [3.63, 3.8) is 0 Å². The first-order valence-corrected chi connectivity index (χ1v) is 6.92. The molecule has 2 aromatic rings. The van der Waals surface area contributed by atoms with Crippen molar-refractivity contribution in [2.24, 2.45) is 5.73 Å². The molecule has 0 radical (unpaired) electrons. The zero-order chi connectivity index (χ0) is 14.4. The van der Waals surface area contributed by atoms with Gasteiger partial charge in [-0.25, -0.2) is 0 Å². The molecule has 0 fully saturated rings. The molecule has 0 unspecified atom stereocenters. The van der Waals surface area contributed by atoms with Crippen molar-refractivity contribution in [2.75, 3.05) is 0 Å². The van der Waals surface area contributed by atoms with Crippen LogP contribution in [0.1, 0.15) is 29.2 Å². The number of nitrogens with one attached hydrogen (secondary N) is 1.